The van der Waals surface area contributed by atoms with Gasteiger partial charge < -0.3 is 9.47 Å². The van der Waals surface area contributed by atoms with Crippen molar-refractivity contribution in [3.63, 3.8) is 0 Å². The lowest BCUT2D eigenvalue weighted by molar-refractivity contribution is 0.359. The van der Waals surface area contributed by atoms with Gasteiger partial charge in [-0.25, -0.2) is 0 Å². The van der Waals surface area contributed by atoms with Crippen molar-refractivity contribution in [3.05, 3.63) is 23.8 Å². The Labute approximate surface area is 97.6 Å². The first-order valence-corrected chi connectivity index (χ1v) is 6.07. The molecule has 0 aliphatic heterocycles. The van der Waals surface area contributed by atoms with Crippen LogP contribution in [0.25, 0.3) is 0 Å². The SMILES string of the molecule is COc1cccc(OC)c1C1CCCCC1. The Morgan fingerprint density at radius 1 is 0.938 bits per heavy atom. The fraction of sp³-hybridized carbons (Fsp3) is 0.571. The lowest BCUT2D eigenvalue weighted by Gasteiger charge is -2.25. The summed E-state index contributed by atoms with van der Waals surface area (Å²) in [5, 5.41) is 0. The maximum atomic E-state index is 5.46. The smallest absolute Gasteiger partial charge is 0.126 e. The van der Waals surface area contributed by atoms with Gasteiger partial charge in [0.05, 0.1) is 14.2 Å². The Hall–Kier alpha value is -1.18. The van der Waals surface area contributed by atoms with E-state index in [9.17, 15) is 0 Å². The molecule has 0 spiro atoms. The summed E-state index contributed by atoms with van der Waals surface area (Å²) in [5.41, 5.74) is 1.27. The highest BCUT2D eigenvalue weighted by atomic mass is 16.5. The summed E-state index contributed by atoms with van der Waals surface area (Å²) >= 11 is 0. The largest absolute Gasteiger partial charge is 0.496 e. The molecule has 1 saturated carbocycles. The zero-order valence-electron chi connectivity index (χ0n) is 10.2. The fourth-order valence-corrected chi connectivity index (χ4v) is 2.67. The van der Waals surface area contributed by atoms with E-state index in [0.717, 1.165) is 11.5 Å². The molecule has 1 aromatic carbocycles. The van der Waals surface area contributed by atoms with E-state index in [1.54, 1.807) is 14.2 Å². The highest BCUT2D eigenvalue weighted by Gasteiger charge is 2.22. The van der Waals surface area contributed by atoms with E-state index in [0.29, 0.717) is 5.92 Å². The van der Waals surface area contributed by atoms with E-state index in [4.69, 9.17) is 9.47 Å². The normalized spacial score (nSPS) is 17.1. The first kappa shape index (κ1) is 11.3. The number of hydrogen-bond acceptors (Lipinski definition) is 2. The fourth-order valence-electron chi connectivity index (χ4n) is 2.67. The van der Waals surface area contributed by atoms with Crippen LogP contribution < -0.4 is 9.47 Å². The monoisotopic (exact) mass is 220 g/mol. The van der Waals surface area contributed by atoms with Gasteiger partial charge in [-0.15, -0.1) is 0 Å². The molecule has 1 aromatic rings. The molecule has 1 aliphatic carbocycles. The van der Waals surface area contributed by atoms with Gasteiger partial charge in [0.1, 0.15) is 11.5 Å². The minimum absolute atomic E-state index is 0.611. The zero-order chi connectivity index (χ0) is 11.4. The van der Waals surface area contributed by atoms with Crippen LogP contribution in [0.1, 0.15) is 43.6 Å². The van der Waals surface area contributed by atoms with Gasteiger partial charge in [-0.05, 0) is 30.9 Å². The third-order valence-electron chi connectivity index (χ3n) is 3.48. The molecule has 0 N–H and O–H groups in total. The van der Waals surface area contributed by atoms with Gasteiger partial charge in [-0.1, -0.05) is 25.3 Å². The highest BCUT2D eigenvalue weighted by molar-refractivity contribution is 5.47. The van der Waals surface area contributed by atoms with Crippen LogP contribution in [0.5, 0.6) is 11.5 Å². The summed E-state index contributed by atoms with van der Waals surface area (Å²) < 4.78 is 10.9. The van der Waals surface area contributed by atoms with Gasteiger partial charge in [0.25, 0.3) is 0 Å². The van der Waals surface area contributed by atoms with Crippen LogP contribution in [-0.2, 0) is 0 Å². The molecule has 0 unspecified atom stereocenters. The predicted molar refractivity (Wildman–Crippen MR) is 65.4 cm³/mol. The summed E-state index contributed by atoms with van der Waals surface area (Å²) in [6.45, 7) is 0. The van der Waals surface area contributed by atoms with Crippen molar-refractivity contribution in [1.82, 2.24) is 0 Å². The van der Waals surface area contributed by atoms with Crippen LogP contribution >= 0.6 is 0 Å². The molecule has 0 bridgehead atoms. The molecule has 0 heterocycles. The van der Waals surface area contributed by atoms with E-state index < -0.39 is 0 Å². The maximum Gasteiger partial charge on any atom is 0.126 e. The average Bonchev–Trinajstić information content (AvgIpc) is 2.38. The van der Waals surface area contributed by atoms with Gasteiger partial charge >= 0.3 is 0 Å². The topological polar surface area (TPSA) is 18.5 Å². The van der Waals surface area contributed by atoms with Gasteiger partial charge in [0, 0.05) is 5.56 Å². The molecule has 2 nitrogen and oxygen atoms in total. The molecule has 0 atom stereocenters. The molecule has 0 aromatic heterocycles. The second-order valence-electron chi connectivity index (χ2n) is 4.41. The molecule has 88 valence electrons. The Kier molecular flexibility index (Phi) is 3.70. The average molecular weight is 220 g/mol. The Bertz CT molecular complexity index is 318. The molecular formula is C14H20O2. The van der Waals surface area contributed by atoms with Gasteiger partial charge in [-0.2, -0.15) is 0 Å². The number of hydrogen-bond donors (Lipinski definition) is 0. The Morgan fingerprint density at radius 2 is 1.50 bits per heavy atom. The predicted octanol–water partition coefficient (Wildman–Crippen LogP) is 3.75. The quantitative estimate of drug-likeness (QED) is 0.772. The van der Waals surface area contributed by atoms with E-state index in [2.05, 4.69) is 0 Å². The number of methoxy groups -OCH3 is 2. The standard InChI is InChI=1S/C14H20O2/c1-15-12-9-6-10-13(16-2)14(12)11-7-4-3-5-8-11/h6,9-11H,3-5,7-8H2,1-2H3. The van der Waals surface area contributed by atoms with Crippen molar-refractivity contribution in [3.8, 4) is 11.5 Å². The molecule has 2 heteroatoms. The molecule has 1 fully saturated rings. The van der Waals surface area contributed by atoms with Crippen molar-refractivity contribution >= 4 is 0 Å². The number of ether oxygens (including phenoxy) is 2. The number of benzene rings is 1. The molecule has 0 amide bonds. The van der Waals surface area contributed by atoms with Crippen LogP contribution in [0.3, 0.4) is 0 Å². The molecule has 16 heavy (non-hydrogen) atoms. The van der Waals surface area contributed by atoms with E-state index in [1.165, 1.54) is 37.7 Å². The van der Waals surface area contributed by atoms with E-state index in [1.807, 2.05) is 18.2 Å². The lowest BCUT2D eigenvalue weighted by Crippen LogP contribution is -2.08. The summed E-state index contributed by atoms with van der Waals surface area (Å²) in [6.07, 6.45) is 6.54. The third-order valence-corrected chi connectivity index (χ3v) is 3.48. The Morgan fingerprint density at radius 3 is 2.00 bits per heavy atom. The van der Waals surface area contributed by atoms with Crippen molar-refractivity contribution in [1.29, 1.82) is 0 Å². The highest BCUT2D eigenvalue weighted by Crippen LogP contribution is 2.42. The van der Waals surface area contributed by atoms with Gasteiger partial charge in [0.15, 0.2) is 0 Å². The first-order valence-electron chi connectivity index (χ1n) is 6.07. The van der Waals surface area contributed by atoms with Crippen molar-refractivity contribution in [2.75, 3.05) is 14.2 Å². The summed E-state index contributed by atoms with van der Waals surface area (Å²) in [7, 11) is 3.47. The summed E-state index contributed by atoms with van der Waals surface area (Å²) in [6, 6.07) is 6.06. The molecule has 1 aliphatic rings. The molecule has 0 saturated heterocycles. The van der Waals surface area contributed by atoms with Crippen molar-refractivity contribution in [2.24, 2.45) is 0 Å². The maximum absolute atomic E-state index is 5.46. The van der Waals surface area contributed by atoms with Crippen molar-refractivity contribution in [2.45, 2.75) is 38.0 Å². The first-order chi connectivity index (χ1) is 7.86. The zero-order valence-corrected chi connectivity index (χ0v) is 10.2. The van der Waals surface area contributed by atoms with Gasteiger partial charge in [0.2, 0.25) is 0 Å². The number of rotatable bonds is 3. The second kappa shape index (κ2) is 5.24. The molecule has 0 radical (unpaired) electrons. The minimum Gasteiger partial charge on any atom is -0.496 e. The second-order valence-corrected chi connectivity index (χ2v) is 4.41. The molecular weight excluding hydrogens is 200 g/mol. The minimum atomic E-state index is 0.611. The lowest BCUT2D eigenvalue weighted by atomic mass is 9.83. The van der Waals surface area contributed by atoms with E-state index >= 15 is 0 Å². The van der Waals surface area contributed by atoms with Gasteiger partial charge in [-0.3, -0.25) is 0 Å². The molecule has 2 rings (SSSR count). The third kappa shape index (κ3) is 2.16. The summed E-state index contributed by atoms with van der Waals surface area (Å²) in [4.78, 5) is 0. The Balaban J connectivity index is 2.34. The van der Waals surface area contributed by atoms with Crippen LogP contribution in [0, 0.1) is 0 Å². The van der Waals surface area contributed by atoms with Crippen LogP contribution in [0.4, 0.5) is 0 Å². The van der Waals surface area contributed by atoms with Crippen LogP contribution in [0.2, 0.25) is 0 Å². The van der Waals surface area contributed by atoms with Crippen LogP contribution in [-0.4, -0.2) is 14.2 Å². The van der Waals surface area contributed by atoms with Crippen molar-refractivity contribution < 1.29 is 9.47 Å². The van der Waals surface area contributed by atoms with E-state index in [-0.39, 0.29) is 0 Å². The van der Waals surface area contributed by atoms with Crippen LogP contribution in [0.15, 0.2) is 18.2 Å². The summed E-state index contributed by atoms with van der Waals surface area (Å²) in [5.74, 6) is 2.57.